The zero-order chi connectivity index (χ0) is 29.7. The van der Waals surface area contributed by atoms with Crippen molar-refractivity contribution in [2.75, 3.05) is 24.2 Å². The van der Waals surface area contributed by atoms with Gasteiger partial charge in [0.1, 0.15) is 19.2 Å². The molecule has 5 rings (SSSR count). The summed E-state index contributed by atoms with van der Waals surface area (Å²) in [6.45, 7) is 10.0. The van der Waals surface area contributed by atoms with Crippen LogP contribution in [0.3, 0.4) is 0 Å². The average Bonchev–Trinajstić information content (AvgIpc) is 3.62. The molecule has 0 aliphatic rings. The van der Waals surface area contributed by atoms with E-state index >= 15 is 0 Å². The molecule has 4 aromatic heterocycles. The van der Waals surface area contributed by atoms with Crippen molar-refractivity contribution in [3.05, 3.63) is 73.3 Å². The van der Waals surface area contributed by atoms with Crippen LogP contribution in [0.5, 0.6) is 0 Å². The minimum absolute atomic E-state index is 0.242. The number of fused-ring (bicyclic) bond motifs is 1. The lowest BCUT2D eigenvalue weighted by molar-refractivity contribution is -0.141. The fourth-order valence-corrected chi connectivity index (χ4v) is 5.29. The molecule has 0 atom stereocenters. The molecule has 0 amide bonds. The number of anilines is 1. The number of carbonyl (C=O) groups excluding carboxylic acids is 1. The molecule has 0 saturated heterocycles. The fourth-order valence-electron chi connectivity index (χ4n) is 4.31. The first-order valence-electron chi connectivity index (χ1n) is 13.8. The standard InChI is InChI=1S/C30H35N7O3SSi/c1-22(38)40-13-12-35-20-25(18-32-35)28-16-29(36(41)21-39-14-15-42(2,3)4)37-30(34-28)26(19-33-37)24-10-11-27(31-17-24)23-8-6-5-7-9-23/h5-11,16-20,41H,12-15,21H2,1-4H3. The van der Waals surface area contributed by atoms with Crippen LogP contribution in [0.2, 0.25) is 25.7 Å². The molecule has 218 valence electrons. The first-order valence-corrected chi connectivity index (χ1v) is 17.9. The number of esters is 1. The molecule has 12 heteroatoms. The number of nitrogens with zero attached hydrogens (tertiary/aromatic N) is 7. The lowest BCUT2D eigenvalue weighted by atomic mass is 10.1. The topological polar surface area (TPSA) is 99.7 Å². The molecule has 5 aromatic rings. The highest BCUT2D eigenvalue weighted by Gasteiger charge is 2.19. The van der Waals surface area contributed by atoms with Crippen LogP contribution < -0.4 is 4.31 Å². The highest BCUT2D eigenvalue weighted by molar-refractivity contribution is 7.81. The minimum Gasteiger partial charge on any atom is -0.464 e. The molecular formula is C30H35N7O3SSi. The SMILES string of the molecule is CC(=O)OCCn1cc(-c2cc(N(S)COCC[Si](C)(C)C)n3ncc(-c4ccc(-c5ccccc5)nc4)c3n2)cn1. The third kappa shape index (κ3) is 7.25. The number of ether oxygens (including phenoxy) is 2. The Morgan fingerprint density at radius 2 is 1.76 bits per heavy atom. The van der Waals surface area contributed by atoms with E-state index in [0.717, 1.165) is 34.0 Å². The third-order valence-electron chi connectivity index (χ3n) is 6.63. The Bertz CT molecular complexity index is 1650. The quantitative estimate of drug-likeness (QED) is 0.0625. The molecule has 4 heterocycles. The van der Waals surface area contributed by atoms with Gasteiger partial charge in [0, 0.05) is 62.3 Å². The van der Waals surface area contributed by atoms with Gasteiger partial charge in [-0.25, -0.2) is 4.98 Å². The van der Waals surface area contributed by atoms with Crippen molar-refractivity contribution in [3.8, 4) is 33.6 Å². The summed E-state index contributed by atoms with van der Waals surface area (Å²) in [6, 6.07) is 17.1. The number of thiol groups is 1. The Hall–Kier alpha value is -4.00. The van der Waals surface area contributed by atoms with Crippen LogP contribution in [0.15, 0.2) is 73.3 Å². The van der Waals surface area contributed by atoms with Crippen molar-refractivity contribution in [1.29, 1.82) is 0 Å². The van der Waals surface area contributed by atoms with Gasteiger partial charge in [-0.1, -0.05) is 68.9 Å². The van der Waals surface area contributed by atoms with E-state index in [2.05, 4.69) is 29.8 Å². The monoisotopic (exact) mass is 601 g/mol. The third-order valence-corrected chi connectivity index (χ3v) is 8.65. The molecule has 42 heavy (non-hydrogen) atoms. The van der Waals surface area contributed by atoms with Crippen LogP contribution in [0, 0.1) is 0 Å². The number of carbonyl (C=O) groups is 1. The van der Waals surface area contributed by atoms with Gasteiger partial charge in [-0.05, 0) is 12.1 Å². The Labute approximate surface area is 251 Å². The van der Waals surface area contributed by atoms with Crippen molar-refractivity contribution in [3.63, 3.8) is 0 Å². The van der Waals surface area contributed by atoms with E-state index in [1.165, 1.54) is 6.92 Å². The molecule has 0 unspecified atom stereocenters. The molecule has 0 saturated carbocycles. The number of benzene rings is 1. The Morgan fingerprint density at radius 1 is 0.952 bits per heavy atom. The van der Waals surface area contributed by atoms with E-state index in [9.17, 15) is 4.79 Å². The van der Waals surface area contributed by atoms with Crippen LogP contribution in [0.25, 0.3) is 39.3 Å². The second kappa shape index (κ2) is 12.9. The summed E-state index contributed by atoms with van der Waals surface area (Å²) in [5.74, 6) is 0.388. The molecule has 0 bridgehead atoms. The lowest BCUT2D eigenvalue weighted by Crippen LogP contribution is -2.24. The number of aromatic nitrogens is 6. The maximum Gasteiger partial charge on any atom is 0.302 e. The lowest BCUT2D eigenvalue weighted by Gasteiger charge is -2.21. The Morgan fingerprint density at radius 3 is 2.48 bits per heavy atom. The number of pyridine rings is 1. The average molecular weight is 602 g/mol. The predicted octanol–water partition coefficient (Wildman–Crippen LogP) is 5.85. The van der Waals surface area contributed by atoms with E-state index in [4.69, 9.17) is 32.3 Å². The van der Waals surface area contributed by atoms with Crippen molar-refractivity contribution in [1.82, 2.24) is 29.4 Å². The maximum absolute atomic E-state index is 11.1. The van der Waals surface area contributed by atoms with Gasteiger partial charge in [-0.15, -0.1) is 0 Å². The summed E-state index contributed by atoms with van der Waals surface area (Å²) in [6.07, 6.45) is 7.27. The van der Waals surface area contributed by atoms with E-state index in [-0.39, 0.29) is 19.3 Å². The molecule has 0 aliphatic heterocycles. The van der Waals surface area contributed by atoms with E-state index in [0.29, 0.717) is 30.3 Å². The van der Waals surface area contributed by atoms with E-state index < -0.39 is 8.07 Å². The summed E-state index contributed by atoms with van der Waals surface area (Å²) >= 11 is 4.77. The van der Waals surface area contributed by atoms with Crippen LogP contribution in [0.4, 0.5) is 5.82 Å². The second-order valence-corrected chi connectivity index (χ2v) is 17.3. The summed E-state index contributed by atoms with van der Waals surface area (Å²) < 4.78 is 16.3. The van der Waals surface area contributed by atoms with Gasteiger partial charge >= 0.3 is 5.97 Å². The molecule has 0 aliphatic carbocycles. The highest BCUT2D eigenvalue weighted by Crippen LogP contribution is 2.31. The van der Waals surface area contributed by atoms with Gasteiger partial charge in [0.15, 0.2) is 5.65 Å². The fraction of sp³-hybridized carbons (Fsp3) is 0.300. The molecule has 10 nitrogen and oxygen atoms in total. The zero-order valence-corrected chi connectivity index (χ0v) is 26.2. The van der Waals surface area contributed by atoms with Crippen molar-refractivity contribution < 1.29 is 14.3 Å². The van der Waals surface area contributed by atoms with Crippen LogP contribution in [-0.4, -0.2) is 63.4 Å². The van der Waals surface area contributed by atoms with Gasteiger partial charge in [-0.3, -0.25) is 18.8 Å². The van der Waals surface area contributed by atoms with Crippen molar-refractivity contribution in [2.45, 2.75) is 39.2 Å². The summed E-state index contributed by atoms with van der Waals surface area (Å²) in [5, 5.41) is 9.11. The van der Waals surface area contributed by atoms with E-state index in [1.54, 1.807) is 25.9 Å². The predicted molar refractivity (Wildman–Crippen MR) is 170 cm³/mol. The highest BCUT2D eigenvalue weighted by atomic mass is 32.1. The molecule has 0 radical (unpaired) electrons. The van der Waals surface area contributed by atoms with Crippen LogP contribution >= 0.6 is 12.8 Å². The van der Waals surface area contributed by atoms with Gasteiger partial charge in [0.05, 0.1) is 30.3 Å². The molecular weight excluding hydrogens is 567 g/mol. The zero-order valence-electron chi connectivity index (χ0n) is 24.3. The van der Waals surface area contributed by atoms with Gasteiger partial charge in [0.2, 0.25) is 0 Å². The van der Waals surface area contributed by atoms with Crippen LogP contribution in [-0.2, 0) is 20.8 Å². The van der Waals surface area contributed by atoms with Gasteiger partial charge in [-0.2, -0.15) is 14.7 Å². The Kier molecular flexibility index (Phi) is 9.05. The maximum atomic E-state index is 11.1. The normalized spacial score (nSPS) is 11.6. The Balaban J connectivity index is 1.48. The smallest absolute Gasteiger partial charge is 0.302 e. The molecule has 0 N–H and O–H groups in total. The largest absolute Gasteiger partial charge is 0.464 e. The van der Waals surface area contributed by atoms with Gasteiger partial charge in [0.25, 0.3) is 0 Å². The first kappa shape index (κ1) is 29.5. The summed E-state index contributed by atoms with van der Waals surface area (Å²) in [4.78, 5) is 20.9. The minimum atomic E-state index is -1.22. The van der Waals surface area contributed by atoms with Crippen molar-refractivity contribution >= 4 is 38.3 Å². The number of hydrogen-bond acceptors (Lipinski definition) is 9. The molecule has 0 spiro atoms. The van der Waals surface area contributed by atoms with Crippen molar-refractivity contribution in [2.24, 2.45) is 0 Å². The number of hydrogen-bond donors (Lipinski definition) is 1. The second-order valence-electron chi connectivity index (χ2n) is 11.2. The van der Waals surface area contributed by atoms with Gasteiger partial charge < -0.3 is 9.47 Å². The molecule has 0 fully saturated rings. The summed E-state index contributed by atoms with van der Waals surface area (Å²) in [5.41, 5.74) is 5.86. The van der Waals surface area contributed by atoms with Crippen LogP contribution in [0.1, 0.15) is 6.92 Å². The number of rotatable bonds is 12. The molecule has 1 aromatic carbocycles. The van der Waals surface area contributed by atoms with E-state index in [1.807, 2.05) is 60.9 Å². The summed E-state index contributed by atoms with van der Waals surface area (Å²) in [7, 11) is -1.22. The first-order chi connectivity index (χ1) is 20.2.